The number of hydrogen-bond acceptors (Lipinski definition) is 6. The summed E-state index contributed by atoms with van der Waals surface area (Å²) in [7, 11) is 5.20. The van der Waals surface area contributed by atoms with Crippen molar-refractivity contribution in [2.75, 3.05) is 40.9 Å². The highest BCUT2D eigenvalue weighted by Crippen LogP contribution is 2.41. The molecule has 0 radical (unpaired) electrons. The fourth-order valence-corrected chi connectivity index (χ4v) is 6.56. The summed E-state index contributed by atoms with van der Waals surface area (Å²) in [6, 6.07) is 7.87. The van der Waals surface area contributed by atoms with E-state index in [1.165, 1.54) is 25.7 Å². The molecular formula is C32H47N5O4. The number of likely N-dealkylation sites (tertiary alicyclic amines) is 1. The maximum absolute atomic E-state index is 13.8. The van der Waals surface area contributed by atoms with Crippen LogP contribution in [-0.4, -0.2) is 84.4 Å². The van der Waals surface area contributed by atoms with Crippen LogP contribution in [0.25, 0.3) is 11.3 Å². The fraction of sp³-hybridized carbons (Fsp3) is 0.656. The summed E-state index contributed by atoms with van der Waals surface area (Å²) >= 11 is 0. The normalized spacial score (nSPS) is 19.0. The van der Waals surface area contributed by atoms with Gasteiger partial charge in [-0.05, 0) is 82.7 Å². The van der Waals surface area contributed by atoms with Gasteiger partial charge >= 0.3 is 0 Å². The third-order valence-corrected chi connectivity index (χ3v) is 9.34. The van der Waals surface area contributed by atoms with Crippen LogP contribution in [-0.2, 0) is 4.79 Å². The number of ether oxygens (including phenoxy) is 2. The second-order valence-corrected chi connectivity index (χ2v) is 12.0. The lowest BCUT2D eigenvalue weighted by Gasteiger charge is -2.36. The van der Waals surface area contributed by atoms with Crippen LogP contribution >= 0.6 is 0 Å². The average Bonchev–Trinajstić information content (AvgIpc) is 3.65. The van der Waals surface area contributed by atoms with Gasteiger partial charge in [0.1, 0.15) is 11.5 Å². The van der Waals surface area contributed by atoms with Crippen LogP contribution in [0.4, 0.5) is 0 Å². The van der Waals surface area contributed by atoms with Crippen molar-refractivity contribution in [1.82, 2.24) is 24.9 Å². The number of carbonyl (C=O) groups excluding carboxylic acids is 2. The van der Waals surface area contributed by atoms with Gasteiger partial charge in [-0.3, -0.25) is 14.3 Å². The predicted molar refractivity (Wildman–Crippen MR) is 159 cm³/mol. The van der Waals surface area contributed by atoms with E-state index in [1.807, 2.05) is 40.9 Å². The van der Waals surface area contributed by atoms with Gasteiger partial charge in [0.2, 0.25) is 5.91 Å². The minimum Gasteiger partial charge on any atom is -0.496 e. The highest BCUT2D eigenvalue weighted by atomic mass is 16.5. The first-order valence-corrected chi connectivity index (χ1v) is 15.6. The van der Waals surface area contributed by atoms with Gasteiger partial charge in [0.25, 0.3) is 5.91 Å². The number of benzene rings is 1. The van der Waals surface area contributed by atoms with Crippen molar-refractivity contribution in [1.29, 1.82) is 0 Å². The summed E-state index contributed by atoms with van der Waals surface area (Å²) in [6.45, 7) is 3.06. The Morgan fingerprint density at radius 1 is 1.00 bits per heavy atom. The Morgan fingerprint density at radius 3 is 2.29 bits per heavy atom. The highest BCUT2D eigenvalue weighted by Gasteiger charge is 2.30. The van der Waals surface area contributed by atoms with E-state index in [-0.39, 0.29) is 23.9 Å². The van der Waals surface area contributed by atoms with Crippen molar-refractivity contribution in [3.05, 3.63) is 30.0 Å². The fourth-order valence-electron chi connectivity index (χ4n) is 6.56. The second-order valence-electron chi connectivity index (χ2n) is 12.0. The first kappa shape index (κ1) is 29.4. The molecule has 5 rings (SSSR count). The highest BCUT2D eigenvalue weighted by molar-refractivity contribution is 5.94. The SMILES string of the molecule is COc1cccc(OC)c1-c1cc(C(=O)N[C@@H](CCN2CCCCC2)CC(=O)N(C)C2CCC2)nn1C1CCCC1. The van der Waals surface area contributed by atoms with E-state index in [2.05, 4.69) is 10.2 Å². The standard InChI is InChI=1S/C32H47N5O4/c1-35(24-13-9-14-24)30(38)21-23(17-20-36-18-7-4-8-19-36)33-32(39)26-22-27(37(34-26)25-11-5-6-12-25)31-28(40-2)15-10-16-29(31)41-3/h10,15-16,22-25H,4-9,11-14,17-21H2,1-3H3,(H,33,39)/t23-/m0/s1. The molecule has 2 amide bonds. The van der Waals surface area contributed by atoms with Crippen LogP contribution in [0.2, 0.25) is 0 Å². The Bertz CT molecular complexity index is 1160. The molecule has 9 heteroatoms. The Labute approximate surface area is 244 Å². The van der Waals surface area contributed by atoms with E-state index in [9.17, 15) is 9.59 Å². The molecule has 41 heavy (non-hydrogen) atoms. The molecule has 1 saturated heterocycles. The van der Waals surface area contributed by atoms with Crippen molar-refractivity contribution >= 4 is 11.8 Å². The van der Waals surface area contributed by atoms with Crippen LogP contribution in [0.1, 0.15) is 93.6 Å². The van der Waals surface area contributed by atoms with Crippen LogP contribution in [0.15, 0.2) is 24.3 Å². The number of amides is 2. The van der Waals surface area contributed by atoms with Crippen LogP contribution in [0, 0.1) is 0 Å². The lowest BCUT2D eigenvalue weighted by Crippen LogP contribution is -2.46. The number of rotatable bonds is 12. The molecule has 1 N–H and O–H groups in total. The topological polar surface area (TPSA) is 88.9 Å². The van der Waals surface area contributed by atoms with Crippen molar-refractivity contribution in [2.24, 2.45) is 0 Å². The van der Waals surface area contributed by atoms with E-state index >= 15 is 0 Å². The maximum atomic E-state index is 13.8. The molecule has 1 aliphatic heterocycles. The van der Waals surface area contributed by atoms with Gasteiger partial charge in [-0.25, -0.2) is 0 Å². The molecule has 2 saturated carbocycles. The van der Waals surface area contributed by atoms with E-state index < -0.39 is 0 Å². The largest absolute Gasteiger partial charge is 0.496 e. The minimum atomic E-state index is -0.250. The van der Waals surface area contributed by atoms with Gasteiger partial charge < -0.3 is 24.6 Å². The molecule has 3 aliphatic rings. The molecule has 2 aromatic rings. The van der Waals surface area contributed by atoms with Crippen molar-refractivity contribution in [3.8, 4) is 22.8 Å². The lowest BCUT2D eigenvalue weighted by molar-refractivity contribution is -0.134. The second kappa shape index (κ2) is 13.7. The summed E-state index contributed by atoms with van der Waals surface area (Å²) in [4.78, 5) is 31.4. The number of hydrogen-bond donors (Lipinski definition) is 1. The number of methoxy groups -OCH3 is 2. The predicted octanol–water partition coefficient (Wildman–Crippen LogP) is 5.06. The minimum absolute atomic E-state index is 0.106. The first-order chi connectivity index (χ1) is 20.0. The van der Waals surface area contributed by atoms with Gasteiger partial charge in [0, 0.05) is 32.1 Å². The summed E-state index contributed by atoms with van der Waals surface area (Å²) in [5.41, 5.74) is 1.99. The van der Waals surface area contributed by atoms with Gasteiger partial charge in [0.15, 0.2) is 5.69 Å². The molecule has 2 heterocycles. The Morgan fingerprint density at radius 2 is 1.68 bits per heavy atom. The molecule has 3 fully saturated rings. The monoisotopic (exact) mass is 565 g/mol. The maximum Gasteiger partial charge on any atom is 0.272 e. The summed E-state index contributed by atoms with van der Waals surface area (Å²) < 4.78 is 13.4. The molecule has 0 spiro atoms. The van der Waals surface area contributed by atoms with Gasteiger partial charge in [-0.2, -0.15) is 5.10 Å². The van der Waals surface area contributed by atoms with E-state index in [0.29, 0.717) is 29.7 Å². The molecular weight excluding hydrogens is 518 g/mol. The smallest absolute Gasteiger partial charge is 0.272 e. The van der Waals surface area contributed by atoms with Crippen LogP contribution < -0.4 is 14.8 Å². The Kier molecular flexibility index (Phi) is 9.85. The van der Waals surface area contributed by atoms with Gasteiger partial charge in [-0.15, -0.1) is 0 Å². The zero-order valence-corrected chi connectivity index (χ0v) is 25.1. The van der Waals surface area contributed by atoms with Gasteiger partial charge in [-0.1, -0.05) is 25.3 Å². The molecule has 9 nitrogen and oxygen atoms in total. The van der Waals surface area contributed by atoms with Gasteiger partial charge in [0.05, 0.1) is 31.5 Å². The summed E-state index contributed by atoms with van der Waals surface area (Å²) in [6.07, 6.45) is 12.4. The van der Waals surface area contributed by atoms with Crippen LogP contribution in [0.3, 0.4) is 0 Å². The van der Waals surface area contributed by atoms with Crippen molar-refractivity contribution in [2.45, 2.75) is 95.2 Å². The number of nitrogens with zero attached hydrogens (tertiary/aromatic N) is 4. The lowest BCUT2D eigenvalue weighted by atomic mass is 9.91. The number of aromatic nitrogens is 2. The van der Waals surface area contributed by atoms with E-state index in [4.69, 9.17) is 14.6 Å². The van der Waals surface area contributed by atoms with E-state index in [0.717, 1.165) is 75.8 Å². The molecule has 1 atom stereocenters. The molecule has 1 aromatic carbocycles. The van der Waals surface area contributed by atoms with E-state index in [1.54, 1.807) is 14.2 Å². The summed E-state index contributed by atoms with van der Waals surface area (Å²) in [5, 5.41) is 8.10. The van der Waals surface area contributed by atoms with Crippen molar-refractivity contribution < 1.29 is 19.1 Å². The molecule has 224 valence electrons. The Balaban J connectivity index is 1.39. The first-order valence-electron chi connectivity index (χ1n) is 15.6. The molecule has 1 aromatic heterocycles. The Hall–Kier alpha value is -3.07. The average molecular weight is 566 g/mol. The summed E-state index contributed by atoms with van der Waals surface area (Å²) in [5.74, 6) is 1.23. The van der Waals surface area contributed by atoms with Crippen LogP contribution in [0.5, 0.6) is 11.5 Å². The zero-order chi connectivity index (χ0) is 28.8. The number of carbonyl (C=O) groups is 2. The molecule has 2 aliphatic carbocycles. The third-order valence-electron chi connectivity index (χ3n) is 9.34. The van der Waals surface area contributed by atoms with Crippen molar-refractivity contribution in [3.63, 3.8) is 0 Å². The molecule has 0 unspecified atom stereocenters. The molecule has 0 bridgehead atoms. The zero-order valence-electron chi connectivity index (χ0n) is 25.1. The quantitative estimate of drug-likeness (QED) is 0.387. The number of nitrogens with one attached hydrogen (secondary N) is 1. The third kappa shape index (κ3) is 6.88. The number of piperidine rings is 1.